The van der Waals surface area contributed by atoms with Crippen LogP contribution in [0.25, 0.3) is 27.6 Å². The van der Waals surface area contributed by atoms with E-state index in [0.29, 0.717) is 36.0 Å². The van der Waals surface area contributed by atoms with Gasteiger partial charge in [-0.1, -0.05) is 31.4 Å². The lowest BCUT2D eigenvalue weighted by Gasteiger charge is -2.20. The summed E-state index contributed by atoms with van der Waals surface area (Å²) in [5.74, 6) is 0.564. The number of hydrogen-bond donors (Lipinski definition) is 2. The topological polar surface area (TPSA) is 84.2 Å². The number of amides is 1. The van der Waals surface area contributed by atoms with Gasteiger partial charge >= 0.3 is 0 Å². The fourth-order valence-electron chi connectivity index (χ4n) is 4.45. The number of carbonyl (C=O) groups is 1. The van der Waals surface area contributed by atoms with Crippen molar-refractivity contribution in [3.63, 3.8) is 0 Å². The van der Waals surface area contributed by atoms with Crippen LogP contribution in [0.3, 0.4) is 0 Å². The largest absolute Gasteiger partial charge is 0.356 e. The molecule has 0 radical (unpaired) electrons. The summed E-state index contributed by atoms with van der Waals surface area (Å²) >= 11 is 1.52. The lowest BCUT2D eigenvalue weighted by atomic mass is 9.89. The number of hydrogen-bond acceptors (Lipinski definition) is 6. The van der Waals surface area contributed by atoms with Crippen LogP contribution in [0.1, 0.15) is 38.5 Å². The summed E-state index contributed by atoms with van der Waals surface area (Å²) in [5.41, 5.74) is 2.88. The lowest BCUT2D eigenvalue weighted by Crippen LogP contribution is -2.33. The fourth-order valence-corrected chi connectivity index (χ4v) is 5.17. The normalized spacial score (nSPS) is 14.4. The maximum atomic E-state index is 13.9. The van der Waals surface area contributed by atoms with E-state index in [0.717, 1.165) is 42.8 Å². The van der Waals surface area contributed by atoms with Gasteiger partial charge in [0, 0.05) is 42.3 Å². The van der Waals surface area contributed by atoms with Crippen molar-refractivity contribution in [3.8, 4) is 22.6 Å². The van der Waals surface area contributed by atoms with Crippen LogP contribution in [0.15, 0.2) is 48.1 Å². The summed E-state index contributed by atoms with van der Waals surface area (Å²) in [6, 6.07) is 8.27. The molecular weight excluding hydrogens is 451 g/mol. The van der Waals surface area contributed by atoms with Crippen molar-refractivity contribution in [1.29, 1.82) is 0 Å². The zero-order chi connectivity index (χ0) is 23.3. The van der Waals surface area contributed by atoms with Crippen molar-refractivity contribution in [1.82, 2.24) is 24.7 Å². The third kappa shape index (κ3) is 4.94. The first-order valence-electron chi connectivity index (χ1n) is 11.8. The van der Waals surface area contributed by atoms with Gasteiger partial charge in [0.15, 0.2) is 4.96 Å². The number of anilines is 1. The van der Waals surface area contributed by atoms with Crippen molar-refractivity contribution in [2.75, 3.05) is 18.4 Å². The molecule has 0 saturated heterocycles. The van der Waals surface area contributed by atoms with Crippen LogP contribution in [-0.4, -0.2) is 38.3 Å². The molecule has 1 aliphatic rings. The summed E-state index contributed by atoms with van der Waals surface area (Å²) in [7, 11) is 0. The highest BCUT2D eigenvalue weighted by molar-refractivity contribution is 7.15. The molecule has 3 aromatic heterocycles. The highest BCUT2D eigenvalue weighted by Crippen LogP contribution is 2.33. The van der Waals surface area contributed by atoms with E-state index in [1.165, 1.54) is 29.9 Å². The molecule has 4 aromatic rings. The van der Waals surface area contributed by atoms with Crippen LogP contribution in [0.4, 0.5) is 10.3 Å². The average molecular weight is 479 g/mol. The van der Waals surface area contributed by atoms with E-state index >= 15 is 0 Å². The summed E-state index contributed by atoms with van der Waals surface area (Å²) < 4.78 is 15.9. The molecule has 5 rings (SSSR count). The minimum Gasteiger partial charge on any atom is -0.356 e. The number of fused-ring (bicyclic) bond motifs is 1. The van der Waals surface area contributed by atoms with E-state index in [9.17, 15) is 9.18 Å². The quantitative estimate of drug-likeness (QED) is 0.342. The number of imidazole rings is 1. The molecule has 3 heterocycles. The summed E-state index contributed by atoms with van der Waals surface area (Å²) in [6.07, 6.45) is 10.00. The van der Waals surface area contributed by atoms with E-state index in [2.05, 4.69) is 15.6 Å². The van der Waals surface area contributed by atoms with Gasteiger partial charge in [-0.05, 0) is 37.5 Å². The Kier molecular flexibility index (Phi) is 6.80. The molecular formula is C25H27FN6OS. The first-order chi connectivity index (χ1) is 16.7. The highest BCUT2D eigenvalue weighted by atomic mass is 32.1. The van der Waals surface area contributed by atoms with Crippen LogP contribution >= 0.6 is 11.3 Å². The first-order valence-corrected chi connectivity index (χ1v) is 12.6. The number of halogens is 1. The second-order valence-corrected chi connectivity index (χ2v) is 9.42. The summed E-state index contributed by atoms with van der Waals surface area (Å²) in [5, 5.41) is 8.27. The van der Waals surface area contributed by atoms with Crippen molar-refractivity contribution in [2.24, 2.45) is 5.92 Å². The molecule has 1 aromatic carbocycles. The molecule has 0 bridgehead atoms. The van der Waals surface area contributed by atoms with Gasteiger partial charge in [-0.15, -0.1) is 11.3 Å². The molecule has 1 amide bonds. The van der Waals surface area contributed by atoms with Crippen molar-refractivity contribution < 1.29 is 9.18 Å². The van der Waals surface area contributed by atoms with E-state index in [1.54, 1.807) is 12.3 Å². The van der Waals surface area contributed by atoms with Crippen LogP contribution < -0.4 is 10.6 Å². The number of nitrogens with one attached hydrogen (secondary N) is 2. The van der Waals surface area contributed by atoms with E-state index < -0.39 is 0 Å². The minimum atomic E-state index is -0.305. The van der Waals surface area contributed by atoms with E-state index in [4.69, 9.17) is 9.97 Å². The van der Waals surface area contributed by atoms with Gasteiger partial charge in [0.25, 0.3) is 0 Å². The minimum absolute atomic E-state index is 0.179. The third-order valence-electron chi connectivity index (χ3n) is 6.17. The Morgan fingerprint density at radius 3 is 2.88 bits per heavy atom. The van der Waals surface area contributed by atoms with Gasteiger partial charge in [-0.3, -0.25) is 9.20 Å². The zero-order valence-electron chi connectivity index (χ0n) is 18.8. The Hall–Kier alpha value is -3.33. The maximum Gasteiger partial charge on any atom is 0.223 e. The van der Waals surface area contributed by atoms with Gasteiger partial charge in [0.1, 0.15) is 11.5 Å². The molecule has 0 unspecified atom stereocenters. The Balaban J connectivity index is 1.26. The molecule has 1 aliphatic carbocycles. The Labute approximate surface area is 201 Å². The molecule has 7 nitrogen and oxygen atoms in total. The average Bonchev–Trinajstić information content (AvgIpc) is 3.46. The van der Waals surface area contributed by atoms with E-state index in [1.807, 2.05) is 28.1 Å². The van der Waals surface area contributed by atoms with E-state index in [-0.39, 0.29) is 17.6 Å². The zero-order valence-corrected chi connectivity index (χ0v) is 19.7. The summed E-state index contributed by atoms with van der Waals surface area (Å²) in [6.45, 7) is 1.27. The molecule has 2 N–H and O–H groups in total. The smallest absolute Gasteiger partial charge is 0.223 e. The van der Waals surface area contributed by atoms with Crippen molar-refractivity contribution >= 4 is 28.2 Å². The molecule has 176 valence electrons. The molecule has 34 heavy (non-hydrogen) atoms. The Bertz CT molecular complexity index is 1280. The van der Waals surface area contributed by atoms with Gasteiger partial charge in [-0.25, -0.2) is 19.3 Å². The fraction of sp³-hybridized carbons (Fsp3) is 0.360. The molecule has 9 heteroatoms. The number of carbonyl (C=O) groups excluding carboxylic acids is 1. The Morgan fingerprint density at radius 1 is 1.15 bits per heavy atom. The second kappa shape index (κ2) is 10.3. The maximum absolute atomic E-state index is 13.9. The SMILES string of the molecule is O=C(NCCCNc1nccc(-c2c(-c3cccc(F)c3)nc3sccn23)n1)C1CCCCC1. The van der Waals surface area contributed by atoms with Crippen LogP contribution in [-0.2, 0) is 4.79 Å². The lowest BCUT2D eigenvalue weighted by molar-refractivity contribution is -0.125. The van der Waals surface area contributed by atoms with Gasteiger partial charge in [-0.2, -0.15) is 0 Å². The molecule has 0 aliphatic heterocycles. The van der Waals surface area contributed by atoms with Crippen molar-refractivity contribution in [2.45, 2.75) is 38.5 Å². The predicted molar refractivity (Wildman–Crippen MR) is 132 cm³/mol. The standard InChI is InChI=1S/C25H27FN6OS/c26-19-9-4-8-18(16-19)21-22(32-14-15-34-25(32)31-21)20-10-13-29-24(30-20)28-12-5-11-27-23(33)17-6-2-1-3-7-17/h4,8-10,13-17H,1-3,5-7,11-12H2,(H,27,33)(H,28,29,30). The van der Waals surface area contributed by atoms with Gasteiger partial charge < -0.3 is 10.6 Å². The number of benzene rings is 1. The third-order valence-corrected chi connectivity index (χ3v) is 6.93. The van der Waals surface area contributed by atoms with Gasteiger partial charge in [0.05, 0.1) is 11.4 Å². The highest BCUT2D eigenvalue weighted by Gasteiger charge is 2.21. The summed E-state index contributed by atoms with van der Waals surface area (Å²) in [4.78, 5) is 26.9. The Morgan fingerprint density at radius 2 is 2.03 bits per heavy atom. The molecule has 1 fully saturated rings. The number of thiazole rings is 1. The molecule has 1 saturated carbocycles. The molecule has 0 atom stereocenters. The van der Waals surface area contributed by atoms with Crippen LogP contribution in [0, 0.1) is 11.7 Å². The van der Waals surface area contributed by atoms with Crippen molar-refractivity contribution in [3.05, 3.63) is 53.9 Å². The van der Waals surface area contributed by atoms with Gasteiger partial charge in [0.2, 0.25) is 11.9 Å². The second-order valence-electron chi connectivity index (χ2n) is 8.55. The van der Waals surface area contributed by atoms with Crippen LogP contribution in [0.5, 0.6) is 0 Å². The monoisotopic (exact) mass is 478 g/mol. The predicted octanol–water partition coefficient (Wildman–Crippen LogP) is 5.16. The van der Waals surface area contributed by atoms with Crippen LogP contribution in [0.2, 0.25) is 0 Å². The number of nitrogens with zero attached hydrogens (tertiary/aromatic N) is 4. The number of aromatic nitrogens is 4. The number of rotatable bonds is 8. The first kappa shape index (κ1) is 22.5. The molecule has 0 spiro atoms.